The van der Waals surface area contributed by atoms with Gasteiger partial charge in [0.1, 0.15) is 5.76 Å². The molecule has 0 N–H and O–H groups in total. The summed E-state index contributed by atoms with van der Waals surface area (Å²) >= 11 is 0. The van der Waals surface area contributed by atoms with E-state index in [4.69, 9.17) is 13.9 Å². The minimum Gasteiger partial charge on any atom is -0.466 e. The van der Waals surface area contributed by atoms with Crippen LogP contribution in [0.3, 0.4) is 0 Å². The normalized spacial score (nSPS) is 23.2. The number of fused-ring (bicyclic) bond motifs is 2. The van der Waals surface area contributed by atoms with Crippen molar-refractivity contribution < 1.29 is 18.7 Å². The molecule has 1 fully saturated rings. The van der Waals surface area contributed by atoms with Crippen LogP contribution in [0.4, 0.5) is 0 Å². The van der Waals surface area contributed by atoms with E-state index in [9.17, 15) is 4.79 Å². The van der Waals surface area contributed by atoms with Gasteiger partial charge in [-0.05, 0) is 48.6 Å². The Morgan fingerprint density at radius 3 is 2.83 bits per heavy atom. The van der Waals surface area contributed by atoms with Crippen molar-refractivity contribution in [3.05, 3.63) is 53.8 Å². The van der Waals surface area contributed by atoms with Gasteiger partial charge in [0.25, 0.3) is 0 Å². The molecule has 4 nitrogen and oxygen atoms in total. The summed E-state index contributed by atoms with van der Waals surface area (Å²) in [6.07, 6.45) is 4.36. The standard InChI is InChI=1S/C19H18O4/c1-21-19(20)18-15(11-14-7-8-17(18)23-14)12-4-2-5-13(10-12)16-6-3-9-22-16/h2-6,9-10,14,17H,7-8,11H2,1H3. The first kappa shape index (κ1) is 14.3. The predicted octanol–water partition coefficient (Wildman–Crippen LogP) is 3.82. The fraction of sp³-hybridized carbons (Fsp3) is 0.316. The van der Waals surface area contributed by atoms with E-state index < -0.39 is 0 Å². The van der Waals surface area contributed by atoms with Crippen molar-refractivity contribution in [1.82, 2.24) is 0 Å². The van der Waals surface area contributed by atoms with Crippen LogP contribution in [0.1, 0.15) is 24.8 Å². The Balaban J connectivity index is 1.81. The van der Waals surface area contributed by atoms with Crippen LogP contribution in [0.5, 0.6) is 0 Å². The van der Waals surface area contributed by atoms with E-state index in [-0.39, 0.29) is 18.2 Å². The number of esters is 1. The smallest absolute Gasteiger partial charge is 0.336 e. The highest BCUT2D eigenvalue weighted by Crippen LogP contribution is 2.41. The molecule has 2 aliphatic heterocycles. The number of hydrogen-bond acceptors (Lipinski definition) is 4. The first-order chi connectivity index (χ1) is 11.3. The highest BCUT2D eigenvalue weighted by molar-refractivity contribution is 5.99. The minimum atomic E-state index is -0.284. The van der Waals surface area contributed by atoms with E-state index in [0.29, 0.717) is 5.57 Å². The molecule has 118 valence electrons. The Morgan fingerprint density at radius 1 is 1.17 bits per heavy atom. The van der Waals surface area contributed by atoms with Crippen molar-refractivity contribution >= 4 is 11.5 Å². The topological polar surface area (TPSA) is 48.7 Å². The molecule has 1 aromatic carbocycles. The van der Waals surface area contributed by atoms with Crippen LogP contribution in [0, 0.1) is 0 Å². The molecule has 2 unspecified atom stereocenters. The summed E-state index contributed by atoms with van der Waals surface area (Å²) in [6, 6.07) is 11.9. The zero-order valence-electron chi connectivity index (χ0n) is 13.0. The second-order valence-corrected chi connectivity index (χ2v) is 5.97. The van der Waals surface area contributed by atoms with Gasteiger partial charge in [-0.25, -0.2) is 4.79 Å². The summed E-state index contributed by atoms with van der Waals surface area (Å²) in [5, 5.41) is 0. The van der Waals surface area contributed by atoms with Gasteiger partial charge >= 0.3 is 5.97 Å². The molecule has 2 atom stereocenters. The third kappa shape index (κ3) is 2.49. The van der Waals surface area contributed by atoms with Crippen molar-refractivity contribution in [2.75, 3.05) is 7.11 Å². The molecule has 4 heteroatoms. The van der Waals surface area contributed by atoms with Crippen LogP contribution in [0.2, 0.25) is 0 Å². The van der Waals surface area contributed by atoms with Gasteiger partial charge in [0.2, 0.25) is 0 Å². The number of benzene rings is 1. The van der Waals surface area contributed by atoms with Crippen molar-refractivity contribution in [1.29, 1.82) is 0 Å². The molecule has 0 saturated carbocycles. The summed E-state index contributed by atoms with van der Waals surface area (Å²) < 4.78 is 16.4. The van der Waals surface area contributed by atoms with E-state index >= 15 is 0 Å². The lowest BCUT2D eigenvalue weighted by molar-refractivity contribution is -0.137. The SMILES string of the molecule is COC(=O)C1=C(c2cccc(-c3ccco3)c2)CC2CCC1O2. The largest absolute Gasteiger partial charge is 0.466 e. The van der Waals surface area contributed by atoms with Gasteiger partial charge in [-0.3, -0.25) is 0 Å². The number of ether oxygens (including phenoxy) is 2. The molecule has 2 aliphatic rings. The molecular formula is C19H18O4. The lowest BCUT2D eigenvalue weighted by Gasteiger charge is -2.26. The molecule has 1 saturated heterocycles. The first-order valence-electron chi connectivity index (χ1n) is 7.87. The van der Waals surface area contributed by atoms with Crippen LogP contribution < -0.4 is 0 Å². The van der Waals surface area contributed by atoms with E-state index in [1.165, 1.54) is 7.11 Å². The Kier molecular flexibility index (Phi) is 3.54. The summed E-state index contributed by atoms with van der Waals surface area (Å²) in [4.78, 5) is 12.3. The molecule has 0 amide bonds. The fourth-order valence-electron chi connectivity index (χ4n) is 3.54. The molecule has 0 aliphatic carbocycles. The maximum absolute atomic E-state index is 12.3. The number of carbonyl (C=O) groups excluding carboxylic acids is 1. The maximum Gasteiger partial charge on any atom is 0.336 e. The van der Waals surface area contributed by atoms with E-state index in [0.717, 1.165) is 41.7 Å². The van der Waals surface area contributed by atoms with Crippen LogP contribution in [-0.2, 0) is 14.3 Å². The molecule has 0 spiro atoms. The zero-order chi connectivity index (χ0) is 15.8. The van der Waals surface area contributed by atoms with Gasteiger partial charge in [-0.1, -0.05) is 18.2 Å². The Morgan fingerprint density at radius 2 is 2.04 bits per heavy atom. The Bertz CT molecular complexity index is 757. The summed E-state index contributed by atoms with van der Waals surface area (Å²) in [6.45, 7) is 0. The summed E-state index contributed by atoms with van der Waals surface area (Å²) in [7, 11) is 1.42. The van der Waals surface area contributed by atoms with E-state index in [2.05, 4.69) is 6.07 Å². The molecule has 2 bridgehead atoms. The highest BCUT2D eigenvalue weighted by atomic mass is 16.5. The minimum absolute atomic E-state index is 0.136. The van der Waals surface area contributed by atoms with Crippen molar-refractivity contribution in [2.45, 2.75) is 31.5 Å². The summed E-state index contributed by atoms with van der Waals surface area (Å²) in [5.41, 5.74) is 3.77. The lowest BCUT2D eigenvalue weighted by Crippen LogP contribution is -2.26. The van der Waals surface area contributed by atoms with E-state index in [1.807, 2.05) is 30.3 Å². The van der Waals surface area contributed by atoms with Crippen molar-refractivity contribution in [3.8, 4) is 11.3 Å². The van der Waals surface area contributed by atoms with Gasteiger partial charge in [0.05, 0.1) is 31.2 Å². The highest BCUT2D eigenvalue weighted by Gasteiger charge is 2.39. The van der Waals surface area contributed by atoms with Gasteiger partial charge < -0.3 is 13.9 Å². The van der Waals surface area contributed by atoms with Crippen LogP contribution in [-0.4, -0.2) is 25.3 Å². The van der Waals surface area contributed by atoms with Crippen LogP contribution in [0.25, 0.3) is 16.9 Å². The monoisotopic (exact) mass is 310 g/mol. The number of methoxy groups -OCH3 is 1. The van der Waals surface area contributed by atoms with Crippen molar-refractivity contribution in [2.24, 2.45) is 0 Å². The predicted molar refractivity (Wildman–Crippen MR) is 85.6 cm³/mol. The molecule has 2 aromatic rings. The lowest BCUT2D eigenvalue weighted by atomic mass is 9.91. The third-order valence-electron chi connectivity index (χ3n) is 4.61. The zero-order valence-corrected chi connectivity index (χ0v) is 13.0. The first-order valence-corrected chi connectivity index (χ1v) is 7.87. The molecule has 0 radical (unpaired) electrons. The average Bonchev–Trinajstić information content (AvgIpc) is 3.24. The van der Waals surface area contributed by atoms with Crippen molar-refractivity contribution in [3.63, 3.8) is 0 Å². The van der Waals surface area contributed by atoms with Gasteiger partial charge in [0, 0.05) is 5.56 Å². The molecule has 1 aromatic heterocycles. The van der Waals surface area contributed by atoms with Gasteiger partial charge in [-0.15, -0.1) is 0 Å². The molecule has 23 heavy (non-hydrogen) atoms. The van der Waals surface area contributed by atoms with E-state index in [1.54, 1.807) is 6.26 Å². The second kappa shape index (κ2) is 5.70. The maximum atomic E-state index is 12.3. The average molecular weight is 310 g/mol. The number of furan rings is 1. The number of hydrogen-bond donors (Lipinski definition) is 0. The Hall–Kier alpha value is -2.33. The van der Waals surface area contributed by atoms with Crippen LogP contribution in [0.15, 0.2) is 52.7 Å². The number of rotatable bonds is 3. The third-order valence-corrected chi connectivity index (χ3v) is 4.61. The van der Waals surface area contributed by atoms with Gasteiger partial charge in [0.15, 0.2) is 0 Å². The molecule has 3 heterocycles. The number of carbonyl (C=O) groups is 1. The second-order valence-electron chi connectivity index (χ2n) is 5.97. The fourth-order valence-corrected chi connectivity index (χ4v) is 3.54. The molecular weight excluding hydrogens is 292 g/mol. The summed E-state index contributed by atoms with van der Waals surface area (Å²) in [5.74, 6) is 0.538. The quantitative estimate of drug-likeness (QED) is 0.809. The Labute approximate surface area is 134 Å². The molecule has 4 rings (SSSR count). The van der Waals surface area contributed by atoms with Gasteiger partial charge in [-0.2, -0.15) is 0 Å². The van der Waals surface area contributed by atoms with Crippen LogP contribution >= 0.6 is 0 Å².